The van der Waals surface area contributed by atoms with Gasteiger partial charge in [-0.25, -0.2) is 0 Å². The zero-order valence-corrected chi connectivity index (χ0v) is 14.3. The second-order valence-corrected chi connectivity index (χ2v) is 5.56. The first kappa shape index (κ1) is 21.2. The minimum atomic E-state index is 0.0682. The van der Waals surface area contributed by atoms with Gasteiger partial charge in [0.05, 0.1) is 39.6 Å². The lowest BCUT2D eigenvalue weighted by Gasteiger charge is -2.06. The summed E-state index contributed by atoms with van der Waals surface area (Å²) in [5.41, 5.74) is 0. The number of unbranched alkanes of at least 4 members (excludes halogenated alkanes) is 7. The maximum atomic E-state index is 8.50. The fourth-order valence-corrected chi connectivity index (χ4v) is 2.21. The normalized spacial score (nSPS) is 11.1. The molecule has 0 fully saturated rings. The van der Waals surface area contributed by atoms with Crippen LogP contribution in [0, 0.1) is 0 Å². The first-order chi connectivity index (χ1) is 10.4. The van der Waals surface area contributed by atoms with Crippen LogP contribution in [0.4, 0.5) is 0 Å². The number of rotatable bonds is 18. The van der Waals surface area contributed by atoms with Crippen molar-refractivity contribution in [3.63, 3.8) is 0 Å². The van der Waals surface area contributed by atoms with E-state index < -0.39 is 0 Å². The summed E-state index contributed by atoms with van der Waals surface area (Å²) >= 11 is 4.21. The third-order valence-electron chi connectivity index (χ3n) is 3.18. The highest BCUT2D eigenvalue weighted by Crippen LogP contribution is 2.08. The van der Waals surface area contributed by atoms with Crippen molar-refractivity contribution in [1.82, 2.24) is 0 Å². The van der Waals surface area contributed by atoms with E-state index in [1.165, 1.54) is 44.9 Å². The Morgan fingerprint density at radius 1 is 0.524 bits per heavy atom. The average molecular weight is 323 g/mol. The van der Waals surface area contributed by atoms with Crippen molar-refractivity contribution in [1.29, 1.82) is 0 Å². The molecule has 0 spiro atoms. The molecule has 128 valence electrons. The summed E-state index contributed by atoms with van der Waals surface area (Å²) in [6.07, 6.45) is 10.4. The van der Waals surface area contributed by atoms with Gasteiger partial charge >= 0.3 is 0 Å². The highest BCUT2D eigenvalue weighted by Gasteiger charge is 1.94. The van der Waals surface area contributed by atoms with Gasteiger partial charge in [-0.05, 0) is 18.6 Å². The second-order valence-electron chi connectivity index (χ2n) is 5.11. The Balaban J connectivity index is 2.90. The third kappa shape index (κ3) is 20.2. The second kappa shape index (κ2) is 20.2. The molecule has 0 heterocycles. The molecule has 0 aromatic rings. The van der Waals surface area contributed by atoms with Gasteiger partial charge in [0, 0.05) is 6.61 Å². The average Bonchev–Trinajstić information content (AvgIpc) is 2.50. The number of thiol groups is 1. The molecule has 0 aliphatic heterocycles. The Bertz CT molecular complexity index is 164. The van der Waals surface area contributed by atoms with Crippen molar-refractivity contribution >= 4 is 12.6 Å². The number of hydrogen-bond acceptors (Lipinski definition) is 5. The number of hydrogen-bond donors (Lipinski definition) is 2. The molecule has 0 unspecified atom stereocenters. The zero-order valence-electron chi connectivity index (χ0n) is 13.4. The van der Waals surface area contributed by atoms with E-state index in [-0.39, 0.29) is 6.61 Å². The van der Waals surface area contributed by atoms with Gasteiger partial charge < -0.3 is 19.3 Å². The molecule has 0 rings (SSSR count). The van der Waals surface area contributed by atoms with E-state index >= 15 is 0 Å². The van der Waals surface area contributed by atoms with Crippen molar-refractivity contribution in [3.05, 3.63) is 0 Å². The Kier molecular flexibility index (Phi) is 20.4. The molecule has 5 heteroatoms. The van der Waals surface area contributed by atoms with Crippen molar-refractivity contribution in [2.45, 2.75) is 51.4 Å². The van der Waals surface area contributed by atoms with Gasteiger partial charge in [-0.15, -0.1) is 0 Å². The van der Waals surface area contributed by atoms with E-state index in [2.05, 4.69) is 12.6 Å². The molecule has 0 aromatic heterocycles. The summed E-state index contributed by atoms with van der Waals surface area (Å²) in [4.78, 5) is 0. The van der Waals surface area contributed by atoms with E-state index in [0.29, 0.717) is 33.0 Å². The lowest BCUT2D eigenvalue weighted by molar-refractivity contribution is 0.00719. The molecular formula is C16H34O4S. The van der Waals surface area contributed by atoms with E-state index in [1.807, 2.05) is 0 Å². The highest BCUT2D eigenvalue weighted by atomic mass is 32.1. The highest BCUT2D eigenvalue weighted by molar-refractivity contribution is 7.80. The van der Waals surface area contributed by atoms with Crippen molar-refractivity contribution in [3.8, 4) is 0 Å². The minimum absolute atomic E-state index is 0.0682. The molecule has 21 heavy (non-hydrogen) atoms. The fourth-order valence-electron chi connectivity index (χ4n) is 1.98. The van der Waals surface area contributed by atoms with Crippen LogP contribution in [-0.2, 0) is 14.2 Å². The Morgan fingerprint density at radius 2 is 0.952 bits per heavy atom. The summed E-state index contributed by atoms with van der Waals surface area (Å²) in [7, 11) is 0. The van der Waals surface area contributed by atoms with Crippen LogP contribution >= 0.6 is 12.6 Å². The predicted molar refractivity (Wildman–Crippen MR) is 90.3 cm³/mol. The summed E-state index contributed by atoms with van der Waals surface area (Å²) in [5.74, 6) is 1.02. The number of ether oxygens (including phenoxy) is 3. The minimum Gasteiger partial charge on any atom is -0.394 e. The summed E-state index contributed by atoms with van der Waals surface area (Å²) in [6.45, 7) is 3.67. The molecule has 4 nitrogen and oxygen atoms in total. The van der Waals surface area contributed by atoms with Gasteiger partial charge in [0.1, 0.15) is 0 Å². The van der Waals surface area contributed by atoms with Gasteiger partial charge in [0.25, 0.3) is 0 Å². The van der Waals surface area contributed by atoms with Gasteiger partial charge in [-0.3, -0.25) is 0 Å². The van der Waals surface area contributed by atoms with Gasteiger partial charge in [0.2, 0.25) is 0 Å². The Morgan fingerprint density at radius 3 is 1.48 bits per heavy atom. The van der Waals surface area contributed by atoms with Crippen molar-refractivity contribution in [2.75, 3.05) is 52.0 Å². The lowest BCUT2D eigenvalue weighted by Crippen LogP contribution is -2.11. The standard InChI is InChI=1S/C16H34O4S/c17-9-11-19-13-15-20-14-12-18-10-7-5-3-1-2-4-6-8-16-21/h17,21H,1-16H2. The molecule has 0 aromatic carbocycles. The first-order valence-electron chi connectivity index (χ1n) is 8.36. The molecule has 0 atom stereocenters. The van der Waals surface area contributed by atoms with Crippen molar-refractivity contribution in [2.24, 2.45) is 0 Å². The maximum Gasteiger partial charge on any atom is 0.0701 e. The number of aliphatic hydroxyl groups is 1. The molecule has 0 saturated heterocycles. The Hall–Kier alpha value is 0.190. The summed E-state index contributed by atoms with van der Waals surface area (Å²) in [6, 6.07) is 0. The van der Waals surface area contributed by atoms with Crippen LogP contribution in [0.2, 0.25) is 0 Å². The zero-order chi connectivity index (χ0) is 15.4. The monoisotopic (exact) mass is 322 g/mol. The SMILES string of the molecule is OCCOCCOCCOCCCCCCCCCCS. The van der Waals surface area contributed by atoms with E-state index in [0.717, 1.165) is 18.8 Å². The smallest absolute Gasteiger partial charge is 0.0701 e. The number of aliphatic hydroxyl groups excluding tert-OH is 1. The largest absolute Gasteiger partial charge is 0.394 e. The summed E-state index contributed by atoms with van der Waals surface area (Å²) in [5, 5.41) is 8.50. The molecular weight excluding hydrogens is 288 g/mol. The quantitative estimate of drug-likeness (QED) is 0.301. The summed E-state index contributed by atoms with van der Waals surface area (Å²) < 4.78 is 15.9. The van der Waals surface area contributed by atoms with Gasteiger partial charge in [0.15, 0.2) is 0 Å². The molecule has 0 radical (unpaired) electrons. The van der Waals surface area contributed by atoms with Crippen molar-refractivity contribution < 1.29 is 19.3 Å². The van der Waals surface area contributed by atoms with E-state index in [9.17, 15) is 0 Å². The van der Waals surface area contributed by atoms with Crippen LogP contribution in [0.1, 0.15) is 51.4 Å². The molecule has 1 N–H and O–H groups in total. The third-order valence-corrected chi connectivity index (χ3v) is 3.49. The molecule has 0 bridgehead atoms. The predicted octanol–water partition coefficient (Wildman–Crippen LogP) is 3.08. The van der Waals surface area contributed by atoms with Crippen LogP contribution < -0.4 is 0 Å². The fraction of sp³-hybridized carbons (Fsp3) is 1.00. The van der Waals surface area contributed by atoms with Crippen LogP contribution in [0.25, 0.3) is 0 Å². The maximum absolute atomic E-state index is 8.50. The van der Waals surface area contributed by atoms with Gasteiger partial charge in [-0.1, -0.05) is 38.5 Å². The molecule has 0 saturated carbocycles. The van der Waals surface area contributed by atoms with E-state index in [1.54, 1.807) is 0 Å². The molecule has 0 amide bonds. The lowest BCUT2D eigenvalue weighted by atomic mass is 10.1. The topological polar surface area (TPSA) is 47.9 Å². The Labute approximate surface area is 136 Å². The van der Waals surface area contributed by atoms with Crippen LogP contribution in [-0.4, -0.2) is 57.1 Å². The molecule has 0 aliphatic carbocycles. The van der Waals surface area contributed by atoms with E-state index in [4.69, 9.17) is 19.3 Å². The van der Waals surface area contributed by atoms with Crippen LogP contribution in [0.5, 0.6) is 0 Å². The molecule has 0 aliphatic rings. The first-order valence-corrected chi connectivity index (χ1v) is 9.00. The van der Waals surface area contributed by atoms with Crippen LogP contribution in [0.3, 0.4) is 0 Å². The van der Waals surface area contributed by atoms with Gasteiger partial charge in [-0.2, -0.15) is 12.6 Å². The van der Waals surface area contributed by atoms with Crippen LogP contribution in [0.15, 0.2) is 0 Å².